The van der Waals surface area contributed by atoms with E-state index in [1.54, 1.807) is 0 Å². The van der Waals surface area contributed by atoms with Crippen molar-refractivity contribution < 1.29 is 9.84 Å². The first kappa shape index (κ1) is 13.8. The van der Waals surface area contributed by atoms with E-state index in [2.05, 4.69) is 16.9 Å². The lowest BCUT2D eigenvalue weighted by atomic mass is 10.1. The SMILES string of the molecule is COc1ccc(=O)n(Cc2ccccc2C#CCO)n1. The predicted octanol–water partition coefficient (Wildman–Crippen LogP) is 0.644. The third-order valence-electron chi connectivity index (χ3n) is 2.69. The van der Waals surface area contributed by atoms with Gasteiger partial charge in [0, 0.05) is 17.7 Å². The van der Waals surface area contributed by atoms with E-state index in [9.17, 15) is 4.79 Å². The summed E-state index contributed by atoms with van der Waals surface area (Å²) in [6.07, 6.45) is 0. The highest BCUT2D eigenvalue weighted by Crippen LogP contribution is 2.09. The van der Waals surface area contributed by atoms with Gasteiger partial charge in [-0.15, -0.1) is 5.10 Å². The van der Waals surface area contributed by atoms with Crippen molar-refractivity contribution in [3.8, 4) is 17.7 Å². The molecule has 0 bridgehead atoms. The second-order valence-corrected chi connectivity index (χ2v) is 3.99. The number of methoxy groups -OCH3 is 1. The molecule has 1 aromatic heterocycles. The lowest BCUT2D eigenvalue weighted by Gasteiger charge is -2.08. The minimum absolute atomic E-state index is 0.203. The molecule has 102 valence electrons. The molecule has 0 fully saturated rings. The van der Waals surface area contributed by atoms with Crippen LogP contribution in [0.5, 0.6) is 5.88 Å². The lowest BCUT2D eigenvalue weighted by molar-refractivity contribution is 0.350. The summed E-state index contributed by atoms with van der Waals surface area (Å²) in [5, 5.41) is 12.9. The van der Waals surface area contributed by atoms with Gasteiger partial charge in [-0.2, -0.15) is 0 Å². The molecule has 2 rings (SSSR count). The summed E-state index contributed by atoms with van der Waals surface area (Å²) in [4.78, 5) is 11.8. The second-order valence-electron chi connectivity index (χ2n) is 3.99. The van der Waals surface area contributed by atoms with E-state index in [1.165, 1.54) is 23.9 Å². The Bertz CT molecular complexity index is 711. The largest absolute Gasteiger partial charge is 0.480 e. The number of nitrogens with zero attached hydrogens (tertiary/aromatic N) is 2. The fourth-order valence-electron chi connectivity index (χ4n) is 1.73. The molecule has 0 unspecified atom stereocenters. The lowest BCUT2D eigenvalue weighted by Crippen LogP contribution is -2.23. The molecule has 0 aliphatic heterocycles. The van der Waals surface area contributed by atoms with Crippen molar-refractivity contribution in [3.63, 3.8) is 0 Å². The zero-order valence-electron chi connectivity index (χ0n) is 11.0. The molecule has 1 N–H and O–H groups in total. The van der Waals surface area contributed by atoms with Crippen LogP contribution < -0.4 is 10.3 Å². The molecule has 0 aliphatic carbocycles. The van der Waals surface area contributed by atoms with Crippen LogP contribution in [0.2, 0.25) is 0 Å². The van der Waals surface area contributed by atoms with Crippen molar-refractivity contribution in [2.75, 3.05) is 13.7 Å². The molecule has 1 heterocycles. The first-order chi connectivity index (χ1) is 9.74. The van der Waals surface area contributed by atoms with Gasteiger partial charge in [-0.1, -0.05) is 30.0 Å². The maximum atomic E-state index is 11.8. The number of rotatable bonds is 3. The first-order valence-corrected chi connectivity index (χ1v) is 6.04. The number of hydrogen-bond acceptors (Lipinski definition) is 4. The Kier molecular flexibility index (Phi) is 4.53. The molecule has 2 aromatic rings. The Morgan fingerprint density at radius 1 is 1.30 bits per heavy atom. The van der Waals surface area contributed by atoms with Crippen LogP contribution in [0.1, 0.15) is 11.1 Å². The molecule has 1 aromatic carbocycles. The number of hydrogen-bond donors (Lipinski definition) is 1. The standard InChI is InChI=1S/C15H14N2O3/c1-20-14-8-9-15(19)17(16-14)11-13-6-3-2-5-12(13)7-4-10-18/h2-3,5-6,8-9,18H,10-11H2,1H3. The minimum atomic E-state index is -0.212. The molecule has 0 atom stereocenters. The zero-order valence-corrected chi connectivity index (χ0v) is 11.0. The van der Waals surface area contributed by atoms with E-state index in [0.29, 0.717) is 12.4 Å². The van der Waals surface area contributed by atoms with Gasteiger partial charge >= 0.3 is 0 Å². The molecule has 5 heteroatoms. The van der Waals surface area contributed by atoms with Gasteiger partial charge in [0.05, 0.1) is 13.7 Å². The quantitative estimate of drug-likeness (QED) is 0.831. The smallest absolute Gasteiger partial charge is 0.267 e. The number of ether oxygens (including phenoxy) is 1. The number of aliphatic hydroxyl groups excluding tert-OH is 1. The molecule has 5 nitrogen and oxygen atoms in total. The van der Waals surface area contributed by atoms with E-state index >= 15 is 0 Å². The number of aromatic nitrogens is 2. The topological polar surface area (TPSA) is 64.3 Å². The van der Waals surface area contributed by atoms with Gasteiger partial charge in [0.1, 0.15) is 6.61 Å². The Labute approximate surface area is 116 Å². The average molecular weight is 270 g/mol. The van der Waals surface area contributed by atoms with Crippen molar-refractivity contribution in [2.45, 2.75) is 6.54 Å². The third kappa shape index (κ3) is 3.25. The van der Waals surface area contributed by atoms with Crippen molar-refractivity contribution in [2.24, 2.45) is 0 Å². The summed E-state index contributed by atoms with van der Waals surface area (Å²) in [6, 6.07) is 10.4. The van der Waals surface area contributed by atoms with Crippen LogP contribution in [0.3, 0.4) is 0 Å². The Balaban J connectivity index is 2.37. The fourth-order valence-corrected chi connectivity index (χ4v) is 1.73. The normalized spacial score (nSPS) is 9.70. The summed E-state index contributed by atoms with van der Waals surface area (Å²) in [5.41, 5.74) is 1.41. The Hall–Kier alpha value is -2.58. The van der Waals surface area contributed by atoms with Crippen molar-refractivity contribution in [1.82, 2.24) is 9.78 Å². The Morgan fingerprint density at radius 3 is 2.85 bits per heavy atom. The molecule has 0 amide bonds. The van der Waals surface area contributed by atoms with Gasteiger partial charge in [-0.25, -0.2) is 4.68 Å². The van der Waals surface area contributed by atoms with Crippen LogP contribution in [0.25, 0.3) is 0 Å². The van der Waals surface area contributed by atoms with Crippen molar-refractivity contribution in [3.05, 3.63) is 57.9 Å². The van der Waals surface area contributed by atoms with Crippen LogP contribution in [0.4, 0.5) is 0 Å². The summed E-state index contributed by atoms with van der Waals surface area (Å²) in [5.74, 6) is 5.84. The second kappa shape index (κ2) is 6.55. The van der Waals surface area contributed by atoms with Crippen LogP contribution in [0, 0.1) is 11.8 Å². The van der Waals surface area contributed by atoms with Gasteiger partial charge in [0.15, 0.2) is 0 Å². The average Bonchev–Trinajstić information content (AvgIpc) is 2.48. The maximum Gasteiger partial charge on any atom is 0.267 e. The summed E-state index contributed by atoms with van der Waals surface area (Å²) < 4.78 is 6.33. The van der Waals surface area contributed by atoms with E-state index in [1.807, 2.05) is 24.3 Å². The minimum Gasteiger partial charge on any atom is -0.480 e. The molecule has 0 spiro atoms. The first-order valence-electron chi connectivity index (χ1n) is 6.04. The van der Waals surface area contributed by atoms with E-state index in [4.69, 9.17) is 9.84 Å². The van der Waals surface area contributed by atoms with Gasteiger partial charge in [-0.3, -0.25) is 4.79 Å². The van der Waals surface area contributed by atoms with E-state index in [-0.39, 0.29) is 12.2 Å². The molecular weight excluding hydrogens is 256 g/mol. The third-order valence-corrected chi connectivity index (χ3v) is 2.69. The summed E-state index contributed by atoms with van der Waals surface area (Å²) in [7, 11) is 1.50. The molecule has 0 aliphatic rings. The molecule has 20 heavy (non-hydrogen) atoms. The van der Waals surface area contributed by atoms with E-state index in [0.717, 1.165) is 11.1 Å². The maximum absolute atomic E-state index is 11.8. The van der Waals surface area contributed by atoms with Gasteiger partial charge in [0.2, 0.25) is 5.88 Å². The van der Waals surface area contributed by atoms with Gasteiger partial charge < -0.3 is 9.84 Å². The molecule has 0 saturated heterocycles. The van der Waals surface area contributed by atoms with Gasteiger partial charge in [0.25, 0.3) is 5.56 Å². The number of aliphatic hydroxyl groups is 1. The van der Waals surface area contributed by atoms with Gasteiger partial charge in [-0.05, 0) is 11.6 Å². The highest BCUT2D eigenvalue weighted by Gasteiger charge is 2.04. The highest BCUT2D eigenvalue weighted by atomic mass is 16.5. The summed E-state index contributed by atoms with van der Waals surface area (Å²) >= 11 is 0. The highest BCUT2D eigenvalue weighted by molar-refractivity contribution is 5.41. The predicted molar refractivity (Wildman–Crippen MR) is 74.6 cm³/mol. The summed E-state index contributed by atoms with van der Waals surface area (Å²) in [6.45, 7) is 0.0952. The zero-order chi connectivity index (χ0) is 14.4. The van der Waals surface area contributed by atoms with Crippen LogP contribution in [-0.2, 0) is 6.54 Å². The number of benzene rings is 1. The van der Waals surface area contributed by atoms with Crippen molar-refractivity contribution >= 4 is 0 Å². The van der Waals surface area contributed by atoms with Crippen LogP contribution in [0.15, 0.2) is 41.2 Å². The molecule has 0 saturated carbocycles. The van der Waals surface area contributed by atoms with Crippen molar-refractivity contribution in [1.29, 1.82) is 0 Å². The monoisotopic (exact) mass is 270 g/mol. The molecular formula is C15H14N2O3. The van der Waals surface area contributed by atoms with Crippen LogP contribution in [-0.4, -0.2) is 28.6 Å². The van der Waals surface area contributed by atoms with Crippen LogP contribution >= 0.6 is 0 Å². The fraction of sp³-hybridized carbons (Fsp3) is 0.200. The van der Waals surface area contributed by atoms with E-state index < -0.39 is 0 Å². The molecule has 0 radical (unpaired) electrons. The Morgan fingerprint density at radius 2 is 2.10 bits per heavy atom.